The van der Waals surface area contributed by atoms with Gasteiger partial charge in [0.05, 0.1) is 5.69 Å². The second-order valence-electron chi connectivity index (χ2n) is 3.46. The number of nitrogens with zero attached hydrogens (tertiary/aromatic N) is 3. The van der Waals surface area contributed by atoms with Crippen molar-refractivity contribution in [3.05, 3.63) is 18.1 Å². The highest BCUT2D eigenvalue weighted by molar-refractivity contribution is 5.43. The molecule has 1 saturated heterocycles. The Kier molecular flexibility index (Phi) is 2.14. The molecule has 0 aromatic carbocycles. The molecule has 1 atom stereocenters. The van der Waals surface area contributed by atoms with Crippen LogP contribution in [0.3, 0.4) is 0 Å². The first-order valence-corrected chi connectivity index (χ1v) is 4.55. The van der Waals surface area contributed by atoms with E-state index in [4.69, 9.17) is 5.73 Å². The zero-order chi connectivity index (χ0) is 9.26. The Bertz CT molecular complexity index is 299. The quantitative estimate of drug-likeness (QED) is 0.673. The number of rotatable bonds is 1. The second kappa shape index (κ2) is 3.30. The van der Waals surface area contributed by atoms with Gasteiger partial charge in [0.2, 0.25) is 0 Å². The van der Waals surface area contributed by atoms with Crippen LogP contribution in [0.25, 0.3) is 0 Å². The van der Waals surface area contributed by atoms with E-state index in [-0.39, 0.29) is 0 Å². The van der Waals surface area contributed by atoms with Crippen molar-refractivity contribution < 1.29 is 0 Å². The summed E-state index contributed by atoms with van der Waals surface area (Å²) in [5, 5.41) is 0. The van der Waals surface area contributed by atoms with Gasteiger partial charge in [-0.15, -0.1) is 0 Å². The van der Waals surface area contributed by atoms with Crippen LogP contribution in [0.2, 0.25) is 0 Å². The topological polar surface area (TPSA) is 55.0 Å². The van der Waals surface area contributed by atoms with Crippen LogP contribution in [-0.4, -0.2) is 29.1 Å². The molecule has 1 aliphatic rings. The molecule has 1 aliphatic heterocycles. The SMILES string of the molecule is Cc1nccnc1N1CC[C@H](N)C1. The van der Waals surface area contributed by atoms with Crippen molar-refractivity contribution in [3.63, 3.8) is 0 Å². The first kappa shape index (κ1) is 8.44. The molecule has 0 unspecified atom stereocenters. The summed E-state index contributed by atoms with van der Waals surface area (Å²) in [5.74, 6) is 0.982. The molecule has 0 aliphatic carbocycles. The molecular formula is C9H14N4. The van der Waals surface area contributed by atoms with E-state index in [0.717, 1.165) is 31.0 Å². The molecule has 0 radical (unpaired) electrons. The third-order valence-electron chi connectivity index (χ3n) is 2.38. The van der Waals surface area contributed by atoms with Crippen molar-refractivity contribution in [1.82, 2.24) is 9.97 Å². The van der Waals surface area contributed by atoms with Crippen molar-refractivity contribution >= 4 is 5.82 Å². The molecule has 0 spiro atoms. The normalized spacial score (nSPS) is 22.3. The molecule has 70 valence electrons. The lowest BCUT2D eigenvalue weighted by Crippen LogP contribution is -2.27. The number of hydrogen-bond donors (Lipinski definition) is 1. The van der Waals surface area contributed by atoms with Crippen LogP contribution in [0.15, 0.2) is 12.4 Å². The Morgan fingerprint density at radius 2 is 2.23 bits per heavy atom. The average Bonchev–Trinajstić information content (AvgIpc) is 2.53. The average molecular weight is 178 g/mol. The van der Waals surface area contributed by atoms with E-state index in [0.29, 0.717) is 6.04 Å². The van der Waals surface area contributed by atoms with Crippen LogP contribution in [-0.2, 0) is 0 Å². The molecule has 2 N–H and O–H groups in total. The molecule has 2 heterocycles. The van der Waals surface area contributed by atoms with E-state index in [1.54, 1.807) is 12.4 Å². The van der Waals surface area contributed by atoms with E-state index in [2.05, 4.69) is 14.9 Å². The zero-order valence-corrected chi connectivity index (χ0v) is 7.77. The lowest BCUT2D eigenvalue weighted by Gasteiger charge is -2.17. The standard InChI is InChI=1S/C9H14N4/c1-7-9(12-4-3-11-7)13-5-2-8(10)6-13/h3-4,8H,2,5-6,10H2,1H3/t8-/m0/s1. The highest BCUT2D eigenvalue weighted by Gasteiger charge is 2.21. The minimum atomic E-state index is 0.293. The molecule has 0 saturated carbocycles. The minimum Gasteiger partial charge on any atom is -0.354 e. The Hall–Kier alpha value is -1.16. The molecular weight excluding hydrogens is 164 g/mol. The highest BCUT2D eigenvalue weighted by atomic mass is 15.2. The highest BCUT2D eigenvalue weighted by Crippen LogP contribution is 2.18. The summed E-state index contributed by atoms with van der Waals surface area (Å²) in [6.45, 7) is 3.88. The predicted molar refractivity (Wildman–Crippen MR) is 51.6 cm³/mol. The van der Waals surface area contributed by atoms with Crippen LogP contribution in [0, 0.1) is 6.92 Å². The molecule has 1 aromatic rings. The van der Waals surface area contributed by atoms with E-state index < -0.39 is 0 Å². The maximum absolute atomic E-state index is 5.82. The van der Waals surface area contributed by atoms with Crippen molar-refractivity contribution in [2.24, 2.45) is 5.73 Å². The lowest BCUT2D eigenvalue weighted by molar-refractivity contribution is 0.751. The molecule has 0 bridgehead atoms. The number of nitrogens with two attached hydrogens (primary N) is 1. The first-order chi connectivity index (χ1) is 6.27. The minimum absolute atomic E-state index is 0.293. The van der Waals surface area contributed by atoms with Crippen LogP contribution >= 0.6 is 0 Å². The van der Waals surface area contributed by atoms with E-state index >= 15 is 0 Å². The van der Waals surface area contributed by atoms with Crippen molar-refractivity contribution in [3.8, 4) is 0 Å². The predicted octanol–water partition coefficient (Wildman–Crippen LogP) is 0.322. The Labute approximate surface area is 77.8 Å². The smallest absolute Gasteiger partial charge is 0.150 e. The molecule has 4 heteroatoms. The Morgan fingerprint density at radius 3 is 2.85 bits per heavy atom. The number of anilines is 1. The maximum atomic E-state index is 5.82. The summed E-state index contributed by atoms with van der Waals surface area (Å²) in [5.41, 5.74) is 6.81. The van der Waals surface area contributed by atoms with Crippen LogP contribution in [0.1, 0.15) is 12.1 Å². The van der Waals surface area contributed by atoms with Crippen molar-refractivity contribution in [1.29, 1.82) is 0 Å². The van der Waals surface area contributed by atoms with E-state index in [1.807, 2.05) is 6.92 Å². The van der Waals surface area contributed by atoms with Gasteiger partial charge in [-0.2, -0.15) is 0 Å². The third kappa shape index (κ3) is 1.62. The van der Waals surface area contributed by atoms with Crippen molar-refractivity contribution in [2.75, 3.05) is 18.0 Å². The summed E-state index contributed by atoms with van der Waals surface area (Å²) in [4.78, 5) is 10.7. The Balaban J connectivity index is 2.21. The van der Waals surface area contributed by atoms with Gasteiger partial charge in [-0.05, 0) is 13.3 Å². The fraction of sp³-hybridized carbons (Fsp3) is 0.556. The first-order valence-electron chi connectivity index (χ1n) is 4.55. The summed E-state index contributed by atoms with van der Waals surface area (Å²) in [7, 11) is 0. The molecule has 1 fully saturated rings. The molecule has 1 aromatic heterocycles. The van der Waals surface area contributed by atoms with E-state index in [1.165, 1.54) is 0 Å². The van der Waals surface area contributed by atoms with Gasteiger partial charge in [-0.25, -0.2) is 4.98 Å². The number of hydrogen-bond acceptors (Lipinski definition) is 4. The third-order valence-corrected chi connectivity index (χ3v) is 2.38. The van der Waals surface area contributed by atoms with Crippen LogP contribution < -0.4 is 10.6 Å². The summed E-state index contributed by atoms with van der Waals surface area (Å²) in [6.07, 6.45) is 4.50. The molecule has 4 nitrogen and oxygen atoms in total. The maximum Gasteiger partial charge on any atom is 0.150 e. The van der Waals surface area contributed by atoms with Crippen LogP contribution in [0.4, 0.5) is 5.82 Å². The van der Waals surface area contributed by atoms with Gasteiger partial charge in [0.1, 0.15) is 5.82 Å². The van der Waals surface area contributed by atoms with Gasteiger partial charge >= 0.3 is 0 Å². The van der Waals surface area contributed by atoms with Gasteiger partial charge < -0.3 is 10.6 Å². The molecule has 13 heavy (non-hydrogen) atoms. The zero-order valence-electron chi connectivity index (χ0n) is 7.77. The number of aryl methyl sites for hydroxylation is 1. The summed E-state index contributed by atoms with van der Waals surface area (Å²) >= 11 is 0. The summed E-state index contributed by atoms with van der Waals surface area (Å²) < 4.78 is 0. The number of aromatic nitrogens is 2. The molecule has 0 amide bonds. The van der Waals surface area contributed by atoms with E-state index in [9.17, 15) is 0 Å². The van der Waals surface area contributed by atoms with Gasteiger partial charge in [-0.3, -0.25) is 4.98 Å². The van der Waals surface area contributed by atoms with Gasteiger partial charge in [0.15, 0.2) is 0 Å². The fourth-order valence-electron chi connectivity index (χ4n) is 1.69. The monoisotopic (exact) mass is 178 g/mol. The summed E-state index contributed by atoms with van der Waals surface area (Å²) in [6, 6.07) is 0.293. The van der Waals surface area contributed by atoms with Gasteiger partial charge in [-0.1, -0.05) is 0 Å². The molecule has 2 rings (SSSR count). The Morgan fingerprint density at radius 1 is 1.46 bits per heavy atom. The van der Waals surface area contributed by atoms with Crippen molar-refractivity contribution in [2.45, 2.75) is 19.4 Å². The fourth-order valence-corrected chi connectivity index (χ4v) is 1.69. The van der Waals surface area contributed by atoms with Gasteiger partial charge in [0, 0.05) is 31.5 Å². The second-order valence-corrected chi connectivity index (χ2v) is 3.46. The van der Waals surface area contributed by atoms with Crippen LogP contribution in [0.5, 0.6) is 0 Å². The van der Waals surface area contributed by atoms with Gasteiger partial charge in [0.25, 0.3) is 0 Å². The lowest BCUT2D eigenvalue weighted by atomic mass is 10.3. The largest absolute Gasteiger partial charge is 0.354 e.